The van der Waals surface area contributed by atoms with Gasteiger partial charge in [0.05, 0.1) is 12.6 Å². The maximum absolute atomic E-state index is 9.62. The second-order valence-electron chi connectivity index (χ2n) is 6.12. The van der Waals surface area contributed by atoms with Gasteiger partial charge in [0.2, 0.25) is 0 Å². The lowest BCUT2D eigenvalue weighted by Crippen LogP contribution is -2.63. The van der Waals surface area contributed by atoms with Crippen molar-refractivity contribution in [2.45, 2.75) is 38.8 Å². The zero-order valence-electron chi connectivity index (χ0n) is 12.6. The number of nitrogens with zero attached hydrogens (tertiary/aromatic N) is 2. The highest BCUT2D eigenvalue weighted by molar-refractivity contribution is 5.54. The molecular formula is C16H26N2O. The summed E-state index contributed by atoms with van der Waals surface area (Å²) in [6, 6.07) is 8.82. The second kappa shape index (κ2) is 5.51. The quantitative estimate of drug-likeness (QED) is 0.904. The number of hydrogen-bond acceptors (Lipinski definition) is 3. The number of aliphatic hydroxyl groups excluding tert-OH is 1. The summed E-state index contributed by atoms with van der Waals surface area (Å²) in [5.74, 6) is 0. The normalized spacial score (nSPS) is 23.6. The Balaban J connectivity index is 2.30. The van der Waals surface area contributed by atoms with Crippen LogP contribution in [0.15, 0.2) is 24.3 Å². The van der Waals surface area contributed by atoms with Gasteiger partial charge in [-0.25, -0.2) is 0 Å². The minimum Gasteiger partial charge on any atom is -0.395 e. The summed E-state index contributed by atoms with van der Waals surface area (Å²) < 4.78 is 0. The van der Waals surface area contributed by atoms with Gasteiger partial charge in [-0.15, -0.1) is 0 Å². The summed E-state index contributed by atoms with van der Waals surface area (Å²) in [6.07, 6.45) is 1.05. The Morgan fingerprint density at radius 1 is 1.32 bits per heavy atom. The molecule has 0 spiro atoms. The second-order valence-corrected chi connectivity index (χ2v) is 6.12. The highest BCUT2D eigenvalue weighted by Crippen LogP contribution is 2.29. The molecule has 2 rings (SSSR count). The number of aliphatic hydroxyl groups is 1. The van der Waals surface area contributed by atoms with Gasteiger partial charge < -0.3 is 10.0 Å². The zero-order valence-corrected chi connectivity index (χ0v) is 12.6. The van der Waals surface area contributed by atoms with E-state index in [1.54, 1.807) is 0 Å². The molecule has 0 saturated carbocycles. The third-order valence-electron chi connectivity index (χ3n) is 4.44. The third kappa shape index (κ3) is 2.77. The van der Waals surface area contributed by atoms with E-state index in [4.69, 9.17) is 0 Å². The molecule has 0 amide bonds. The van der Waals surface area contributed by atoms with Crippen LogP contribution in [0.5, 0.6) is 0 Å². The molecule has 3 heteroatoms. The molecule has 1 heterocycles. The number of rotatable bonds is 3. The molecule has 1 aliphatic heterocycles. The van der Waals surface area contributed by atoms with E-state index in [1.165, 1.54) is 11.3 Å². The van der Waals surface area contributed by atoms with Crippen molar-refractivity contribution in [3.05, 3.63) is 29.8 Å². The van der Waals surface area contributed by atoms with Gasteiger partial charge in [0.25, 0.3) is 0 Å². The van der Waals surface area contributed by atoms with Crippen LogP contribution in [-0.2, 0) is 6.42 Å². The van der Waals surface area contributed by atoms with E-state index in [0.717, 1.165) is 19.5 Å². The van der Waals surface area contributed by atoms with E-state index in [2.05, 4.69) is 61.9 Å². The Labute approximate surface area is 116 Å². The van der Waals surface area contributed by atoms with E-state index in [0.29, 0.717) is 0 Å². The first-order valence-electron chi connectivity index (χ1n) is 7.16. The first-order chi connectivity index (χ1) is 8.99. The molecule has 0 aliphatic carbocycles. The van der Waals surface area contributed by atoms with Crippen LogP contribution in [0.1, 0.15) is 26.3 Å². The number of hydrogen-bond donors (Lipinski definition) is 1. The van der Waals surface area contributed by atoms with Gasteiger partial charge in [-0.3, -0.25) is 4.90 Å². The Morgan fingerprint density at radius 3 is 2.63 bits per heavy atom. The fourth-order valence-electron chi connectivity index (χ4n) is 3.00. The zero-order chi connectivity index (χ0) is 14.0. The number of piperazine rings is 1. The molecule has 1 aromatic rings. The molecule has 1 saturated heterocycles. The Hall–Kier alpha value is -1.06. The smallest absolute Gasteiger partial charge is 0.0604 e. The average molecular weight is 262 g/mol. The molecular weight excluding hydrogens is 236 g/mol. The van der Waals surface area contributed by atoms with Crippen molar-refractivity contribution in [2.24, 2.45) is 0 Å². The summed E-state index contributed by atoms with van der Waals surface area (Å²) in [7, 11) is 2.12. The minimum absolute atomic E-state index is 0.0759. The molecule has 1 unspecified atom stereocenters. The monoisotopic (exact) mass is 262 g/mol. The van der Waals surface area contributed by atoms with Gasteiger partial charge in [0, 0.05) is 24.3 Å². The largest absolute Gasteiger partial charge is 0.395 e. The van der Waals surface area contributed by atoms with E-state index in [1.807, 2.05) is 0 Å². The average Bonchev–Trinajstić information content (AvgIpc) is 2.41. The van der Waals surface area contributed by atoms with Gasteiger partial charge in [-0.05, 0) is 38.9 Å². The van der Waals surface area contributed by atoms with Crippen LogP contribution in [0, 0.1) is 0 Å². The molecule has 0 aromatic heterocycles. The van der Waals surface area contributed by atoms with Gasteiger partial charge in [0.1, 0.15) is 0 Å². The van der Waals surface area contributed by atoms with Gasteiger partial charge in [0.15, 0.2) is 0 Å². The SMILES string of the molecule is CCc1ccccc1N1CC(CO)N(C)C(C)(C)C1. The van der Waals surface area contributed by atoms with Gasteiger partial charge in [-0.1, -0.05) is 25.1 Å². The molecule has 19 heavy (non-hydrogen) atoms. The van der Waals surface area contributed by atoms with Crippen molar-refractivity contribution < 1.29 is 5.11 Å². The Bertz CT molecular complexity index is 431. The highest BCUT2D eigenvalue weighted by Gasteiger charge is 2.37. The minimum atomic E-state index is 0.0759. The van der Waals surface area contributed by atoms with Crippen LogP contribution < -0.4 is 4.90 Å². The maximum Gasteiger partial charge on any atom is 0.0604 e. The number of anilines is 1. The molecule has 1 N–H and O–H groups in total. The van der Waals surface area contributed by atoms with Crippen LogP contribution in [0.3, 0.4) is 0 Å². The molecule has 106 valence electrons. The third-order valence-corrected chi connectivity index (χ3v) is 4.44. The number of likely N-dealkylation sites (N-methyl/N-ethyl adjacent to an activating group) is 1. The van der Waals surface area contributed by atoms with E-state index in [-0.39, 0.29) is 18.2 Å². The molecule has 0 radical (unpaired) electrons. The van der Waals surface area contributed by atoms with Crippen molar-refractivity contribution in [2.75, 3.05) is 31.6 Å². The summed E-state index contributed by atoms with van der Waals surface area (Å²) in [6.45, 7) is 8.80. The van der Waals surface area contributed by atoms with Crippen molar-refractivity contribution in [3.63, 3.8) is 0 Å². The van der Waals surface area contributed by atoms with Gasteiger partial charge in [-0.2, -0.15) is 0 Å². The van der Waals surface area contributed by atoms with Crippen molar-refractivity contribution in [1.82, 2.24) is 4.90 Å². The summed E-state index contributed by atoms with van der Waals surface area (Å²) >= 11 is 0. The van der Waals surface area contributed by atoms with Crippen LogP contribution >= 0.6 is 0 Å². The van der Waals surface area contributed by atoms with Crippen molar-refractivity contribution >= 4 is 5.69 Å². The number of benzene rings is 1. The van der Waals surface area contributed by atoms with Gasteiger partial charge >= 0.3 is 0 Å². The van der Waals surface area contributed by atoms with Crippen molar-refractivity contribution in [1.29, 1.82) is 0 Å². The first-order valence-corrected chi connectivity index (χ1v) is 7.16. The van der Waals surface area contributed by atoms with Crippen LogP contribution in [0.2, 0.25) is 0 Å². The lowest BCUT2D eigenvalue weighted by molar-refractivity contribution is 0.0455. The Morgan fingerprint density at radius 2 is 2.00 bits per heavy atom. The number of para-hydroxylation sites is 1. The standard InChI is InChI=1S/C16H26N2O/c1-5-13-8-6-7-9-15(13)18-10-14(11-19)17(4)16(2,3)12-18/h6-9,14,19H,5,10-12H2,1-4H3. The number of aryl methyl sites for hydroxylation is 1. The molecule has 3 nitrogen and oxygen atoms in total. The molecule has 1 atom stereocenters. The maximum atomic E-state index is 9.62. The first kappa shape index (κ1) is 14.4. The van der Waals surface area contributed by atoms with E-state index >= 15 is 0 Å². The topological polar surface area (TPSA) is 26.7 Å². The summed E-state index contributed by atoms with van der Waals surface area (Å²) in [5, 5.41) is 9.62. The summed E-state index contributed by atoms with van der Waals surface area (Å²) in [5.41, 5.74) is 2.79. The highest BCUT2D eigenvalue weighted by atomic mass is 16.3. The molecule has 0 bridgehead atoms. The van der Waals surface area contributed by atoms with Crippen LogP contribution in [0.4, 0.5) is 5.69 Å². The lowest BCUT2D eigenvalue weighted by atomic mass is 9.94. The van der Waals surface area contributed by atoms with E-state index < -0.39 is 0 Å². The molecule has 1 aromatic carbocycles. The Kier molecular flexibility index (Phi) is 4.16. The fourth-order valence-corrected chi connectivity index (χ4v) is 3.00. The van der Waals surface area contributed by atoms with Crippen LogP contribution in [-0.4, -0.2) is 48.3 Å². The molecule has 1 fully saturated rings. The lowest BCUT2D eigenvalue weighted by Gasteiger charge is -2.50. The fraction of sp³-hybridized carbons (Fsp3) is 0.625. The van der Waals surface area contributed by atoms with E-state index in [9.17, 15) is 5.11 Å². The predicted molar refractivity (Wildman–Crippen MR) is 80.7 cm³/mol. The molecule has 1 aliphatic rings. The van der Waals surface area contributed by atoms with Crippen LogP contribution in [0.25, 0.3) is 0 Å². The predicted octanol–water partition coefficient (Wildman–Crippen LogP) is 2.14. The summed E-state index contributed by atoms with van der Waals surface area (Å²) in [4.78, 5) is 4.73. The van der Waals surface area contributed by atoms with Crippen molar-refractivity contribution in [3.8, 4) is 0 Å².